The SMILES string of the molecule is NC(=O)NC(CO)c1ccc(F)cc1. The van der Waals surface area contributed by atoms with E-state index >= 15 is 0 Å². The van der Waals surface area contributed by atoms with E-state index in [2.05, 4.69) is 5.32 Å². The zero-order valence-corrected chi connectivity index (χ0v) is 7.40. The molecular formula is C9H11FN2O2. The van der Waals surface area contributed by atoms with Crippen LogP contribution in [0.5, 0.6) is 0 Å². The molecule has 0 fully saturated rings. The molecule has 0 bridgehead atoms. The lowest BCUT2D eigenvalue weighted by atomic mass is 10.1. The number of primary amides is 1. The molecule has 0 saturated carbocycles. The summed E-state index contributed by atoms with van der Waals surface area (Å²) >= 11 is 0. The van der Waals surface area contributed by atoms with Gasteiger partial charge in [0.1, 0.15) is 5.82 Å². The van der Waals surface area contributed by atoms with Crippen LogP contribution in [0.1, 0.15) is 11.6 Å². The highest BCUT2D eigenvalue weighted by Gasteiger charge is 2.11. The van der Waals surface area contributed by atoms with Crippen molar-refractivity contribution < 1.29 is 14.3 Å². The molecule has 1 rings (SSSR count). The van der Waals surface area contributed by atoms with Gasteiger partial charge in [-0.1, -0.05) is 12.1 Å². The van der Waals surface area contributed by atoms with E-state index in [-0.39, 0.29) is 12.4 Å². The van der Waals surface area contributed by atoms with Crippen LogP contribution in [-0.4, -0.2) is 17.7 Å². The molecule has 1 aromatic rings. The molecule has 0 aliphatic rings. The van der Waals surface area contributed by atoms with E-state index in [9.17, 15) is 9.18 Å². The van der Waals surface area contributed by atoms with E-state index in [0.717, 1.165) is 0 Å². The number of amides is 2. The largest absolute Gasteiger partial charge is 0.394 e. The highest BCUT2D eigenvalue weighted by molar-refractivity contribution is 5.72. The van der Waals surface area contributed by atoms with E-state index in [4.69, 9.17) is 10.8 Å². The summed E-state index contributed by atoms with van der Waals surface area (Å²) in [5.41, 5.74) is 5.51. The maximum atomic E-state index is 12.5. The zero-order chi connectivity index (χ0) is 10.6. The molecule has 5 heteroatoms. The summed E-state index contributed by atoms with van der Waals surface area (Å²) in [5.74, 6) is -0.371. The lowest BCUT2D eigenvalue weighted by Crippen LogP contribution is -2.34. The normalized spacial score (nSPS) is 12.1. The number of halogens is 1. The Balaban J connectivity index is 2.78. The smallest absolute Gasteiger partial charge is 0.312 e. The zero-order valence-electron chi connectivity index (χ0n) is 7.40. The van der Waals surface area contributed by atoms with Crippen molar-refractivity contribution in [1.29, 1.82) is 0 Å². The molecule has 1 aromatic carbocycles. The summed E-state index contributed by atoms with van der Waals surface area (Å²) in [6.07, 6.45) is 0. The highest BCUT2D eigenvalue weighted by atomic mass is 19.1. The second-order valence-electron chi connectivity index (χ2n) is 2.80. The molecule has 0 aliphatic carbocycles. The van der Waals surface area contributed by atoms with E-state index in [1.54, 1.807) is 0 Å². The predicted molar refractivity (Wildman–Crippen MR) is 48.9 cm³/mol. The Morgan fingerprint density at radius 2 is 2.07 bits per heavy atom. The Hall–Kier alpha value is -1.62. The first-order valence-corrected chi connectivity index (χ1v) is 4.05. The quantitative estimate of drug-likeness (QED) is 0.662. The molecule has 4 nitrogen and oxygen atoms in total. The van der Waals surface area contributed by atoms with Crippen LogP contribution in [0, 0.1) is 5.82 Å². The van der Waals surface area contributed by atoms with Crippen molar-refractivity contribution in [1.82, 2.24) is 5.32 Å². The molecule has 0 spiro atoms. The number of carbonyl (C=O) groups excluding carboxylic acids is 1. The Kier molecular flexibility index (Phi) is 3.41. The van der Waals surface area contributed by atoms with Gasteiger partial charge in [-0.25, -0.2) is 9.18 Å². The molecule has 0 radical (unpaired) electrons. The third-order valence-electron chi connectivity index (χ3n) is 1.77. The minimum Gasteiger partial charge on any atom is -0.394 e. The Bertz CT molecular complexity index is 313. The number of nitrogens with one attached hydrogen (secondary N) is 1. The van der Waals surface area contributed by atoms with Gasteiger partial charge in [0.25, 0.3) is 0 Å². The summed E-state index contributed by atoms with van der Waals surface area (Å²) < 4.78 is 12.5. The van der Waals surface area contributed by atoms with Gasteiger partial charge in [0.2, 0.25) is 0 Å². The monoisotopic (exact) mass is 198 g/mol. The van der Waals surface area contributed by atoms with E-state index in [1.807, 2.05) is 0 Å². The summed E-state index contributed by atoms with van der Waals surface area (Å²) in [5, 5.41) is 11.3. The van der Waals surface area contributed by atoms with Gasteiger partial charge in [-0.15, -0.1) is 0 Å². The van der Waals surface area contributed by atoms with E-state index in [1.165, 1.54) is 24.3 Å². The van der Waals surface area contributed by atoms with Crippen LogP contribution in [0.25, 0.3) is 0 Å². The molecule has 2 amide bonds. The van der Waals surface area contributed by atoms with E-state index in [0.29, 0.717) is 5.56 Å². The summed E-state index contributed by atoms with van der Waals surface area (Å²) in [7, 11) is 0. The van der Waals surface area contributed by atoms with Crippen LogP contribution in [0.3, 0.4) is 0 Å². The number of carbonyl (C=O) groups is 1. The van der Waals surface area contributed by atoms with Crippen molar-refractivity contribution in [3.63, 3.8) is 0 Å². The molecule has 1 atom stereocenters. The number of nitrogens with two attached hydrogens (primary N) is 1. The molecule has 76 valence electrons. The third-order valence-corrected chi connectivity index (χ3v) is 1.77. The lowest BCUT2D eigenvalue weighted by molar-refractivity contribution is 0.223. The topological polar surface area (TPSA) is 75.4 Å². The number of aliphatic hydroxyl groups excluding tert-OH is 1. The lowest BCUT2D eigenvalue weighted by Gasteiger charge is -2.14. The minimum absolute atomic E-state index is 0.283. The molecule has 0 aromatic heterocycles. The van der Waals surface area contributed by atoms with Crippen LogP contribution in [0.2, 0.25) is 0 Å². The molecule has 1 unspecified atom stereocenters. The molecule has 0 aliphatic heterocycles. The van der Waals surface area contributed by atoms with Crippen LogP contribution >= 0.6 is 0 Å². The van der Waals surface area contributed by atoms with Crippen molar-refractivity contribution in [2.45, 2.75) is 6.04 Å². The number of aliphatic hydroxyl groups is 1. The minimum atomic E-state index is -0.728. The average molecular weight is 198 g/mol. The Morgan fingerprint density at radius 3 is 2.50 bits per heavy atom. The van der Waals surface area contributed by atoms with E-state index < -0.39 is 12.1 Å². The maximum Gasteiger partial charge on any atom is 0.312 e. The van der Waals surface area contributed by atoms with Crippen molar-refractivity contribution in [3.8, 4) is 0 Å². The average Bonchev–Trinajstić information content (AvgIpc) is 2.15. The van der Waals surface area contributed by atoms with Gasteiger partial charge in [-0.2, -0.15) is 0 Å². The fourth-order valence-electron chi connectivity index (χ4n) is 1.10. The highest BCUT2D eigenvalue weighted by Crippen LogP contribution is 2.12. The van der Waals surface area contributed by atoms with Crippen molar-refractivity contribution in [2.75, 3.05) is 6.61 Å². The second-order valence-corrected chi connectivity index (χ2v) is 2.80. The van der Waals surface area contributed by atoms with Gasteiger partial charge in [0, 0.05) is 0 Å². The van der Waals surface area contributed by atoms with Crippen LogP contribution < -0.4 is 11.1 Å². The number of hydrogen-bond donors (Lipinski definition) is 3. The number of benzene rings is 1. The summed E-state index contributed by atoms with van der Waals surface area (Å²) in [4.78, 5) is 10.5. The fourth-order valence-corrected chi connectivity index (χ4v) is 1.10. The van der Waals surface area contributed by atoms with Crippen LogP contribution in [-0.2, 0) is 0 Å². The van der Waals surface area contributed by atoms with Gasteiger partial charge in [-0.3, -0.25) is 0 Å². The Labute approximate surface area is 80.5 Å². The van der Waals surface area contributed by atoms with Crippen molar-refractivity contribution in [2.24, 2.45) is 5.73 Å². The van der Waals surface area contributed by atoms with Crippen LogP contribution in [0.15, 0.2) is 24.3 Å². The first-order chi connectivity index (χ1) is 6.63. The molecular weight excluding hydrogens is 187 g/mol. The second kappa shape index (κ2) is 4.57. The molecule has 4 N–H and O–H groups in total. The van der Waals surface area contributed by atoms with Crippen LogP contribution in [0.4, 0.5) is 9.18 Å². The van der Waals surface area contributed by atoms with Gasteiger partial charge in [-0.05, 0) is 17.7 Å². The summed E-state index contributed by atoms with van der Waals surface area (Å²) in [6.45, 7) is -0.283. The number of hydrogen-bond acceptors (Lipinski definition) is 2. The number of rotatable bonds is 3. The fraction of sp³-hybridized carbons (Fsp3) is 0.222. The molecule has 14 heavy (non-hydrogen) atoms. The van der Waals surface area contributed by atoms with Gasteiger partial charge in [0.05, 0.1) is 12.6 Å². The molecule has 0 saturated heterocycles. The third kappa shape index (κ3) is 2.70. The predicted octanol–water partition coefficient (Wildman–Crippen LogP) is 0.527. The first-order valence-electron chi connectivity index (χ1n) is 4.05. The van der Waals surface area contributed by atoms with Gasteiger partial charge < -0.3 is 16.2 Å². The van der Waals surface area contributed by atoms with Gasteiger partial charge >= 0.3 is 6.03 Å². The van der Waals surface area contributed by atoms with Gasteiger partial charge in [0.15, 0.2) is 0 Å². The van der Waals surface area contributed by atoms with Crippen molar-refractivity contribution in [3.05, 3.63) is 35.6 Å². The number of urea groups is 1. The van der Waals surface area contributed by atoms with Crippen molar-refractivity contribution >= 4 is 6.03 Å². The molecule has 0 heterocycles. The maximum absolute atomic E-state index is 12.5. The summed E-state index contributed by atoms with van der Waals surface area (Å²) in [6, 6.07) is 4.14. The first kappa shape index (κ1) is 10.5. The Morgan fingerprint density at radius 1 is 1.50 bits per heavy atom. The standard InChI is InChI=1S/C9H11FN2O2/c10-7-3-1-6(2-4-7)8(5-13)12-9(11)14/h1-4,8,13H,5H2,(H3,11,12,14).